The molecule has 0 aliphatic heterocycles. The molecule has 1 rings (SSSR count). The van der Waals surface area contributed by atoms with Crippen LogP contribution in [0.1, 0.15) is 6.92 Å². The maximum atomic E-state index is 9.04. The average molecular weight is 201 g/mol. The van der Waals surface area contributed by atoms with Crippen molar-refractivity contribution in [1.82, 2.24) is 0 Å². The molecule has 0 aromatic heterocycles. The van der Waals surface area contributed by atoms with Crippen LogP contribution in [0.4, 0.5) is 11.4 Å². The zero-order chi connectivity index (χ0) is 9.84. The third-order valence-corrected chi connectivity index (χ3v) is 1.84. The number of benzene rings is 1. The van der Waals surface area contributed by atoms with E-state index in [2.05, 4.69) is 5.32 Å². The van der Waals surface area contributed by atoms with E-state index < -0.39 is 6.10 Å². The Labute approximate surface area is 82.5 Å². The van der Waals surface area contributed by atoms with Gasteiger partial charge in [-0.3, -0.25) is 0 Å². The summed E-state index contributed by atoms with van der Waals surface area (Å²) in [5.74, 6) is 0. The summed E-state index contributed by atoms with van der Waals surface area (Å²) in [5.41, 5.74) is 7.06. The van der Waals surface area contributed by atoms with E-state index in [9.17, 15) is 0 Å². The van der Waals surface area contributed by atoms with Crippen LogP contribution in [0, 0.1) is 0 Å². The van der Waals surface area contributed by atoms with Crippen molar-refractivity contribution in [3.63, 3.8) is 0 Å². The standard InChI is InChI=1S/C9H13ClN2O/c1-6(13)5-12-9-4-7(10)2-3-8(9)11/h2-4,6,12-13H,5,11H2,1H3. The number of nitrogens with two attached hydrogens (primary N) is 1. The highest BCUT2D eigenvalue weighted by atomic mass is 35.5. The summed E-state index contributed by atoms with van der Waals surface area (Å²) in [6.07, 6.45) is -0.404. The van der Waals surface area contributed by atoms with Gasteiger partial charge in [0.05, 0.1) is 17.5 Å². The largest absolute Gasteiger partial charge is 0.397 e. The Morgan fingerprint density at radius 2 is 2.31 bits per heavy atom. The van der Waals surface area contributed by atoms with Crippen LogP contribution in [-0.2, 0) is 0 Å². The number of halogens is 1. The molecule has 0 radical (unpaired) electrons. The summed E-state index contributed by atoms with van der Waals surface area (Å²) in [4.78, 5) is 0. The van der Waals surface area contributed by atoms with Gasteiger partial charge in [-0.1, -0.05) is 11.6 Å². The van der Waals surface area contributed by atoms with Gasteiger partial charge >= 0.3 is 0 Å². The Morgan fingerprint density at radius 1 is 1.62 bits per heavy atom. The minimum absolute atomic E-state index is 0.404. The summed E-state index contributed by atoms with van der Waals surface area (Å²) in [6.45, 7) is 2.16. The van der Waals surface area contributed by atoms with Gasteiger partial charge in [0.2, 0.25) is 0 Å². The van der Waals surface area contributed by atoms with Gasteiger partial charge < -0.3 is 16.2 Å². The van der Waals surface area contributed by atoms with Gasteiger partial charge in [0.1, 0.15) is 0 Å². The van der Waals surface area contributed by atoms with Gasteiger partial charge in [0.25, 0.3) is 0 Å². The molecule has 4 N–H and O–H groups in total. The first-order chi connectivity index (χ1) is 6.09. The third kappa shape index (κ3) is 3.13. The lowest BCUT2D eigenvalue weighted by atomic mass is 10.2. The molecule has 0 saturated carbocycles. The smallest absolute Gasteiger partial charge is 0.0684 e. The van der Waals surface area contributed by atoms with E-state index in [1.54, 1.807) is 25.1 Å². The zero-order valence-electron chi connectivity index (χ0n) is 7.42. The number of aliphatic hydroxyl groups is 1. The Balaban J connectivity index is 2.70. The monoisotopic (exact) mass is 200 g/mol. The Hall–Kier alpha value is -0.930. The quantitative estimate of drug-likeness (QED) is 0.652. The molecule has 1 unspecified atom stereocenters. The van der Waals surface area contributed by atoms with Gasteiger partial charge in [-0.25, -0.2) is 0 Å². The predicted molar refractivity (Wildman–Crippen MR) is 56.0 cm³/mol. The molecule has 0 amide bonds. The summed E-state index contributed by atoms with van der Waals surface area (Å²) in [7, 11) is 0. The van der Waals surface area contributed by atoms with E-state index in [-0.39, 0.29) is 0 Å². The van der Waals surface area contributed by atoms with Crippen LogP contribution in [0.25, 0.3) is 0 Å². The Bertz CT molecular complexity index is 289. The van der Waals surface area contributed by atoms with Crippen molar-refractivity contribution < 1.29 is 5.11 Å². The average Bonchev–Trinajstić information content (AvgIpc) is 2.06. The summed E-state index contributed by atoms with van der Waals surface area (Å²) >= 11 is 5.77. The van der Waals surface area contributed by atoms with Crippen LogP contribution in [0.5, 0.6) is 0 Å². The van der Waals surface area contributed by atoms with E-state index in [4.69, 9.17) is 22.4 Å². The van der Waals surface area contributed by atoms with Crippen molar-refractivity contribution in [2.45, 2.75) is 13.0 Å². The first-order valence-corrected chi connectivity index (χ1v) is 4.44. The molecule has 0 spiro atoms. The minimum Gasteiger partial charge on any atom is -0.397 e. The third-order valence-electron chi connectivity index (χ3n) is 1.60. The number of nitrogen functional groups attached to an aromatic ring is 1. The predicted octanol–water partition coefficient (Wildman–Crippen LogP) is 1.71. The fourth-order valence-electron chi connectivity index (χ4n) is 0.939. The molecule has 0 bridgehead atoms. The van der Waals surface area contributed by atoms with E-state index in [1.807, 2.05) is 0 Å². The molecular weight excluding hydrogens is 188 g/mol. The summed E-state index contributed by atoms with van der Waals surface area (Å²) in [5, 5.41) is 12.7. The van der Waals surface area contributed by atoms with E-state index >= 15 is 0 Å². The lowest BCUT2D eigenvalue weighted by Gasteiger charge is -2.10. The van der Waals surface area contributed by atoms with Crippen LogP contribution < -0.4 is 11.1 Å². The van der Waals surface area contributed by atoms with E-state index in [1.165, 1.54) is 0 Å². The fourth-order valence-corrected chi connectivity index (χ4v) is 1.11. The topological polar surface area (TPSA) is 58.3 Å². The van der Waals surface area contributed by atoms with Crippen LogP contribution in [0.15, 0.2) is 18.2 Å². The van der Waals surface area contributed by atoms with Crippen molar-refractivity contribution in [3.05, 3.63) is 23.2 Å². The number of aliphatic hydroxyl groups excluding tert-OH is 1. The van der Waals surface area contributed by atoms with Crippen LogP contribution in [-0.4, -0.2) is 17.8 Å². The highest BCUT2D eigenvalue weighted by Crippen LogP contribution is 2.22. The highest BCUT2D eigenvalue weighted by molar-refractivity contribution is 6.31. The van der Waals surface area contributed by atoms with Gasteiger partial charge in [0.15, 0.2) is 0 Å². The van der Waals surface area contributed by atoms with E-state index in [0.717, 1.165) is 5.69 Å². The molecule has 0 heterocycles. The first-order valence-electron chi connectivity index (χ1n) is 4.06. The normalized spacial score (nSPS) is 12.5. The molecule has 1 aromatic rings. The fraction of sp³-hybridized carbons (Fsp3) is 0.333. The van der Waals surface area contributed by atoms with Gasteiger partial charge in [-0.05, 0) is 25.1 Å². The van der Waals surface area contributed by atoms with Gasteiger partial charge in [0, 0.05) is 11.6 Å². The SMILES string of the molecule is CC(O)CNc1cc(Cl)ccc1N. The van der Waals surface area contributed by atoms with Gasteiger partial charge in [-0.2, -0.15) is 0 Å². The van der Waals surface area contributed by atoms with Crippen LogP contribution in [0.3, 0.4) is 0 Å². The van der Waals surface area contributed by atoms with E-state index in [0.29, 0.717) is 17.3 Å². The number of anilines is 2. The van der Waals surface area contributed by atoms with Crippen LogP contribution >= 0.6 is 11.6 Å². The zero-order valence-corrected chi connectivity index (χ0v) is 8.17. The molecule has 4 heteroatoms. The molecule has 13 heavy (non-hydrogen) atoms. The van der Waals surface area contributed by atoms with Crippen molar-refractivity contribution in [3.8, 4) is 0 Å². The molecule has 0 aliphatic carbocycles. The Morgan fingerprint density at radius 3 is 2.92 bits per heavy atom. The second-order valence-electron chi connectivity index (χ2n) is 2.96. The van der Waals surface area contributed by atoms with Crippen LogP contribution in [0.2, 0.25) is 5.02 Å². The second kappa shape index (κ2) is 4.35. The first kappa shape index (κ1) is 10.2. The van der Waals surface area contributed by atoms with Crippen molar-refractivity contribution in [2.75, 3.05) is 17.6 Å². The van der Waals surface area contributed by atoms with Crippen molar-refractivity contribution in [2.24, 2.45) is 0 Å². The maximum absolute atomic E-state index is 9.04. The summed E-state index contributed by atoms with van der Waals surface area (Å²) in [6, 6.07) is 5.19. The molecule has 1 atom stereocenters. The number of nitrogens with one attached hydrogen (secondary N) is 1. The molecule has 0 saturated heterocycles. The molecule has 72 valence electrons. The lowest BCUT2D eigenvalue weighted by molar-refractivity contribution is 0.208. The summed E-state index contributed by atoms with van der Waals surface area (Å²) < 4.78 is 0. The maximum Gasteiger partial charge on any atom is 0.0684 e. The van der Waals surface area contributed by atoms with Crippen molar-refractivity contribution in [1.29, 1.82) is 0 Å². The number of hydrogen-bond donors (Lipinski definition) is 3. The molecule has 0 fully saturated rings. The molecule has 3 nitrogen and oxygen atoms in total. The number of hydrogen-bond acceptors (Lipinski definition) is 3. The minimum atomic E-state index is -0.404. The molecule has 1 aromatic carbocycles. The van der Waals surface area contributed by atoms with Crippen molar-refractivity contribution >= 4 is 23.0 Å². The second-order valence-corrected chi connectivity index (χ2v) is 3.40. The highest BCUT2D eigenvalue weighted by Gasteiger charge is 2.00. The number of rotatable bonds is 3. The Kier molecular flexibility index (Phi) is 3.39. The lowest BCUT2D eigenvalue weighted by Crippen LogP contribution is -2.16. The molecular formula is C9H13ClN2O. The molecule has 0 aliphatic rings. The van der Waals surface area contributed by atoms with Gasteiger partial charge in [-0.15, -0.1) is 0 Å².